The van der Waals surface area contributed by atoms with Gasteiger partial charge in [0.1, 0.15) is 0 Å². The van der Waals surface area contributed by atoms with Crippen molar-refractivity contribution in [2.75, 3.05) is 6.61 Å². The minimum absolute atomic E-state index is 0.286. The van der Waals surface area contributed by atoms with Crippen molar-refractivity contribution in [3.63, 3.8) is 0 Å². The van der Waals surface area contributed by atoms with Crippen LogP contribution in [0.5, 0.6) is 0 Å². The lowest BCUT2D eigenvalue weighted by Crippen LogP contribution is -2.06. The summed E-state index contributed by atoms with van der Waals surface area (Å²) in [7, 11) is 0. The van der Waals surface area contributed by atoms with E-state index in [1.54, 1.807) is 6.21 Å². The molecule has 1 aromatic heterocycles. The topological polar surface area (TPSA) is 69.6 Å². The number of nitrogens with two attached hydrogens (primary N) is 1. The van der Waals surface area contributed by atoms with E-state index >= 15 is 0 Å². The summed E-state index contributed by atoms with van der Waals surface area (Å²) in [6, 6.07) is 18.1. The van der Waals surface area contributed by atoms with E-state index in [1.807, 2.05) is 66.3 Å². The normalized spacial score (nSPS) is 11.0. The summed E-state index contributed by atoms with van der Waals surface area (Å²) in [6.07, 6.45) is 6.14. The molecule has 0 aliphatic heterocycles. The first kappa shape index (κ1) is 18.5. The van der Waals surface area contributed by atoms with E-state index in [2.05, 4.69) is 17.2 Å². The van der Waals surface area contributed by atoms with Gasteiger partial charge in [0.05, 0.1) is 18.4 Å². The lowest BCUT2D eigenvalue weighted by Gasteiger charge is -2.04. The minimum atomic E-state index is -0.286. The van der Waals surface area contributed by atoms with Gasteiger partial charge in [-0.25, -0.2) is 4.79 Å². The first-order valence-corrected chi connectivity index (χ1v) is 8.91. The van der Waals surface area contributed by atoms with E-state index in [0.717, 1.165) is 16.7 Å². The van der Waals surface area contributed by atoms with Gasteiger partial charge in [-0.15, -0.1) is 0 Å². The number of carbonyl (C=O) groups excluding carboxylic acids is 1. The molecular weight excluding hydrogens is 338 g/mol. The van der Waals surface area contributed by atoms with E-state index < -0.39 is 0 Å². The molecule has 3 rings (SSSR count). The Morgan fingerprint density at radius 3 is 2.48 bits per heavy atom. The van der Waals surface area contributed by atoms with Crippen LogP contribution in [0.3, 0.4) is 0 Å². The maximum Gasteiger partial charge on any atom is 0.339 e. The Balaban J connectivity index is 1.86. The lowest BCUT2D eigenvalue weighted by molar-refractivity contribution is 0.0525. The monoisotopic (exact) mass is 361 g/mol. The van der Waals surface area contributed by atoms with Crippen molar-refractivity contribution in [2.24, 2.45) is 10.9 Å². The molecule has 0 fully saturated rings. The first-order chi connectivity index (χ1) is 13.2. The molecule has 1 heterocycles. The molecular formula is C22H23N3O2. The summed E-state index contributed by atoms with van der Waals surface area (Å²) in [6.45, 7) is 2.88. The van der Waals surface area contributed by atoms with E-state index in [0.29, 0.717) is 25.1 Å². The van der Waals surface area contributed by atoms with Crippen LogP contribution in [0.4, 0.5) is 0 Å². The number of ether oxygens (including phenoxy) is 1. The third-order valence-corrected chi connectivity index (χ3v) is 4.26. The van der Waals surface area contributed by atoms with E-state index in [1.165, 1.54) is 5.56 Å². The first-order valence-electron chi connectivity index (χ1n) is 8.91. The van der Waals surface area contributed by atoms with Crippen LogP contribution in [0.2, 0.25) is 0 Å². The van der Waals surface area contributed by atoms with E-state index in [-0.39, 0.29) is 5.97 Å². The second-order valence-corrected chi connectivity index (χ2v) is 6.27. The third-order valence-electron chi connectivity index (χ3n) is 4.26. The Kier molecular flexibility index (Phi) is 6.05. The fourth-order valence-electron chi connectivity index (χ4n) is 3.00. The van der Waals surface area contributed by atoms with Crippen molar-refractivity contribution in [2.45, 2.75) is 19.9 Å². The van der Waals surface area contributed by atoms with Crippen LogP contribution in [0.25, 0.3) is 0 Å². The van der Waals surface area contributed by atoms with Crippen LogP contribution < -0.4 is 5.84 Å². The van der Waals surface area contributed by atoms with Gasteiger partial charge in [0.25, 0.3) is 0 Å². The molecule has 0 radical (unpaired) electrons. The summed E-state index contributed by atoms with van der Waals surface area (Å²) in [5.41, 5.74) is 4.78. The Labute approximate surface area is 159 Å². The van der Waals surface area contributed by atoms with E-state index in [9.17, 15) is 4.79 Å². The van der Waals surface area contributed by atoms with Crippen molar-refractivity contribution in [1.82, 2.24) is 4.57 Å². The zero-order valence-corrected chi connectivity index (χ0v) is 15.3. The van der Waals surface area contributed by atoms with Crippen molar-refractivity contribution in [3.05, 3.63) is 94.8 Å². The van der Waals surface area contributed by atoms with Crippen LogP contribution in [0.1, 0.15) is 39.5 Å². The van der Waals surface area contributed by atoms with Crippen LogP contribution in [0.15, 0.2) is 72.1 Å². The average molecular weight is 361 g/mol. The van der Waals surface area contributed by atoms with Crippen LogP contribution in [-0.4, -0.2) is 23.4 Å². The maximum absolute atomic E-state index is 12.4. The van der Waals surface area contributed by atoms with Gasteiger partial charge in [0.2, 0.25) is 0 Å². The van der Waals surface area contributed by atoms with Crippen molar-refractivity contribution >= 4 is 12.2 Å². The smallest absolute Gasteiger partial charge is 0.339 e. The molecule has 5 heteroatoms. The van der Waals surface area contributed by atoms with Gasteiger partial charge in [-0.1, -0.05) is 54.6 Å². The number of hydrogen-bond acceptors (Lipinski definition) is 4. The van der Waals surface area contributed by atoms with E-state index in [4.69, 9.17) is 10.6 Å². The molecule has 2 N–H and O–H groups in total. The summed E-state index contributed by atoms with van der Waals surface area (Å²) in [5, 5.41) is 3.53. The maximum atomic E-state index is 12.4. The summed E-state index contributed by atoms with van der Waals surface area (Å²) < 4.78 is 7.27. The van der Waals surface area contributed by atoms with Gasteiger partial charge >= 0.3 is 5.97 Å². The number of carbonyl (C=O) groups is 1. The summed E-state index contributed by atoms with van der Waals surface area (Å²) in [5.74, 6) is 4.90. The summed E-state index contributed by atoms with van der Waals surface area (Å²) in [4.78, 5) is 12.4. The van der Waals surface area contributed by atoms with Crippen molar-refractivity contribution in [1.29, 1.82) is 0 Å². The van der Waals surface area contributed by atoms with Crippen LogP contribution in [-0.2, 0) is 17.7 Å². The molecule has 0 spiro atoms. The molecule has 138 valence electrons. The van der Waals surface area contributed by atoms with Crippen LogP contribution in [0, 0.1) is 0 Å². The molecule has 0 aliphatic carbocycles. The highest BCUT2D eigenvalue weighted by molar-refractivity contribution is 5.91. The Morgan fingerprint density at radius 2 is 1.81 bits per heavy atom. The number of aromatic nitrogens is 1. The molecule has 0 aliphatic rings. The molecule has 5 nitrogen and oxygen atoms in total. The second kappa shape index (κ2) is 8.85. The third kappa shape index (κ3) is 4.85. The molecule has 0 bridgehead atoms. The highest BCUT2D eigenvalue weighted by Crippen LogP contribution is 2.19. The molecule has 0 atom stereocenters. The Bertz CT molecular complexity index is 912. The quantitative estimate of drug-likeness (QED) is 0.303. The Morgan fingerprint density at radius 1 is 1.07 bits per heavy atom. The number of hydrogen-bond donors (Lipinski definition) is 1. The number of nitrogens with zero attached hydrogens (tertiary/aromatic N) is 2. The molecule has 0 saturated carbocycles. The number of hydrazone groups is 1. The molecule has 0 unspecified atom stereocenters. The van der Waals surface area contributed by atoms with Crippen LogP contribution >= 0.6 is 0 Å². The van der Waals surface area contributed by atoms with Gasteiger partial charge in [-0.3, -0.25) is 0 Å². The van der Waals surface area contributed by atoms with Gasteiger partial charge in [-0.2, -0.15) is 5.10 Å². The fourth-order valence-corrected chi connectivity index (χ4v) is 3.00. The van der Waals surface area contributed by atoms with Gasteiger partial charge in [-0.05, 0) is 35.6 Å². The fraction of sp³-hybridized carbons (Fsp3) is 0.182. The molecule has 0 saturated heterocycles. The number of rotatable bonds is 7. The van der Waals surface area contributed by atoms with Gasteiger partial charge < -0.3 is 15.1 Å². The summed E-state index contributed by atoms with van der Waals surface area (Å²) >= 11 is 0. The predicted molar refractivity (Wildman–Crippen MR) is 107 cm³/mol. The standard InChI is InChI=1S/C22H23N3O2/c1-2-27-22(26)21-16-25(14-19-6-4-3-5-7-19)15-20(21)12-17-8-10-18(11-9-17)13-24-23/h3-11,13,15-16H,2,12,14,23H2,1H3/b24-13-. The van der Waals surface area contributed by atoms with Crippen molar-refractivity contribution < 1.29 is 9.53 Å². The lowest BCUT2D eigenvalue weighted by atomic mass is 10.0. The Hall–Kier alpha value is -3.34. The van der Waals surface area contributed by atoms with Gasteiger partial charge in [0.15, 0.2) is 0 Å². The molecule has 27 heavy (non-hydrogen) atoms. The zero-order valence-electron chi connectivity index (χ0n) is 15.3. The largest absolute Gasteiger partial charge is 0.462 e. The predicted octanol–water partition coefficient (Wildman–Crippen LogP) is 3.60. The minimum Gasteiger partial charge on any atom is -0.462 e. The highest BCUT2D eigenvalue weighted by atomic mass is 16.5. The zero-order chi connectivity index (χ0) is 19.1. The average Bonchev–Trinajstić information content (AvgIpc) is 3.07. The molecule has 3 aromatic rings. The highest BCUT2D eigenvalue weighted by Gasteiger charge is 2.16. The molecule has 0 amide bonds. The number of esters is 1. The van der Waals surface area contributed by atoms with Gasteiger partial charge in [0, 0.05) is 18.9 Å². The molecule has 2 aromatic carbocycles. The second-order valence-electron chi connectivity index (χ2n) is 6.27. The number of benzene rings is 2. The SMILES string of the molecule is CCOC(=O)c1cn(Cc2ccccc2)cc1Cc1ccc(/C=N\N)cc1. The van der Waals surface area contributed by atoms with Crippen molar-refractivity contribution in [3.8, 4) is 0 Å².